The number of hydrogen-bond acceptors (Lipinski definition) is 3. The molecule has 0 atom stereocenters. The fourth-order valence-corrected chi connectivity index (χ4v) is 1.64. The van der Waals surface area contributed by atoms with E-state index >= 15 is 0 Å². The van der Waals surface area contributed by atoms with Crippen molar-refractivity contribution in [3.8, 4) is 0 Å². The molecule has 0 aliphatic carbocycles. The van der Waals surface area contributed by atoms with Crippen LogP contribution < -0.4 is 0 Å². The average molecular weight is 238 g/mol. The molecule has 0 N–H and O–H groups in total. The first-order valence-corrected chi connectivity index (χ1v) is 5.58. The van der Waals surface area contributed by atoms with Gasteiger partial charge in [0.05, 0.1) is 13.2 Å². The maximum absolute atomic E-state index is 11.3. The predicted molar refractivity (Wildman–Crippen MR) is 62.8 cm³/mol. The first-order valence-electron chi connectivity index (χ1n) is 5.20. The van der Waals surface area contributed by atoms with Crippen LogP contribution >= 0.6 is 11.6 Å². The smallest absolute Gasteiger partial charge is 0.352 e. The Morgan fingerprint density at radius 3 is 2.75 bits per heavy atom. The second-order valence-electron chi connectivity index (χ2n) is 3.63. The van der Waals surface area contributed by atoms with Crippen LogP contribution in [0.5, 0.6) is 0 Å². The SMILES string of the molecule is O=C1OCCCC1=NCc1ccc(Cl)cc1. The Labute approximate surface area is 99.1 Å². The number of carbonyl (C=O) groups is 1. The average Bonchev–Trinajstić information content (AvgIpc) is 2.30. The second kappa shape index (κ2) is 5.12. The Morgan fingerprint density at radius 2 is 2.06 bits per heavy atom. The molecule has 84 valence electrons. The molecule has 0 radical (unpaired) electrons. The summed E-state index contributed by atoms with van der Waals surface area (Å²) in [6.07, 6.45) is 1.58. The number of carbonyl (C=O) groups excluding carboxylic acids is 1. The zero-order valence-corrected chi connectivity index (χ0v) is 9.54. The number of aliphatic imine (C=N–C) groups is 1. The molecule has 0 bridgehead atoms. The highest BCUT2D eigenvalue weighted by molar-refractivity contribution is 6.36. The highest BCUT2D eigenvalue weighted by atomic mass is 35.5. The third kappa shape index (κ3) is 2.83. The highest BCUT2D eigenvalue weighted by Crippen LogP contribution is 2.11. The van der Waals surface area contributed by atoms with E-state index in [-0.39, 0.29) is 5.97 Å². The van der Waals surface area contributed by atoms with E-state index in [2.05, 4.69) is 4.99 Å². The van der Waals surface area contributed by atoms with Crippen molar-refractivity contribution >= 4 is 23.3 Å². The van der Waals surface area contributed by atoms with Gasteiger partial charge in [0.15, 0.2) is 0 Å². The van der Waals surface area contributed by atoms with Crippen LogP contribution in [0.2, 0.25) is 5.02 Å². The lowest BCUT2D eigenvalue weighted by Gasteiger charge is -2.12. The summed E-state index contributed by atoms with van der Waals surface area (Å²) in [5.41, 5.74) is 1.58. The van der Waals surface area contributed by atoms with Crippen molar-refractivity contribution in [2.24, 2.45) is 4.99 Å². The van der Waals surface area contributed by atoms with Crippen LogP contribution in [-0.4, -0.2) is 18.3 Å². The molecule has 0 aromatic heterocycles. The van der Waals surface area contributed by atoms with Crippen molar-refractivity contribution in [1.82, 2.24) is 0 Å². The van der Waals surface area contributed by atoms with E-state index in [0.29, 0.717) is 30.3 Å². The molecule has 1 aromatic carbocycles. The first-order chi connectivity index (χ1) is 7.75. The molecule has 1 saturated heterocycles. The molecule has 16 heavy (non-hydrogen) atoms. The van der Waals surface area contributed by atoms with Crippen LogP contribution in [-0.2, 0) is 16.1 Å². The zero-order chi connectivity index (χ0) is 11.4. The molecule has 0 saturated carbocycles. The van der Waals surface area contributed by atoms with Gasteiger partial charge in [-0.1, -0.05) is 23.7 Å². The minimum atomic E-state index is -0.278. The predicted octanol–water partition coefficient (Wildman–Crippen LogP) is 2.62. The zero-order valence-electron chi connectivity index (χ0n) is 8.78. The molecule has 1 aromatic rings. The van der Waals surface area contributed by atoms with Crippen molar-refractivity contribution in [3.63, 3.8) is 0 Å². The number of benzene rings is 1. The Hall–Kier alpha value is -1.35. The summed E-state index contributed by atoms with van der Waals surface area (Å²) in [5.74, 6) is -0.278. The summed E-state index contributed by atoms with van der Waals surface area (Å²) >= 11 is 5.77. The monoisotopic (exact) mass is 237 g/mol. The molecule has 1 heterocycles. The van der Waals surface area contributed by atoms with E-state index in [1.807, 2.05) is 24.3 Å². The number of cyclic esters (lactones) is 1. The van der Waals surface area contributed by atoms with Crippen molar-refractivity contribution in [1.29, 1.82) is 0 Å². The van der Waals surface area contributed by atoms with Gasteiger partial charge < -0.3 is 4.74 Å². The first kappa shape index (κ1) is 11.1. The van der Waals surface area contributed by atoms with Crippen LogP contribution in [0.3, 0.4) is 0 Å². The maximum Gasteiger partial charge on any atom is 0.352 e. The van der Waals surface area contributed by atoms with Gasteiger partial charge in [0, 0.05) is 5.02 Å². The van der Waals surface area contributed by atoms with Gasteiger partial charge in [-0.15, -0.1) is 0 Å². The van der Waals surface area contributed by atoms with Gasteiger partial charge in [0.2, 0.25) is 0 Å². The summed E-state index contributed by atoms with van der Waals surface area (Å²) in [7, 11) is 0. The van der Waals surface area contributed by atoms with E-state index in [0.717, 1.165) is 12.0 Å². The Morgan fingerprint density at radius 1 is 1.31 bits per heavy atom. The minimum absolute atomic E-state index is 0.278. The molecule has 2 rings (SSSR count). The van der Waals surface area contributed by atoms with Crippen molar-refractivity contribution in [2.75, 3.05) is 6.61 Å². The van der Waals surface area contributed by atoms with E-state index in [1.54, 1.807) is 0 Å². The number of nitrogens with zero attached hydrogens (tertiary/aromatic N) is 1. The summed E-state index contributed by atoms with van der Waals surface area (Å²) in [4.78, 5) is 15.6. The number of ether oxygens (including phenoxy) is 1. The van der Waals surface area contributed by atoms with Crippen LogP contribution in [0, 0.1) is 0 Å². The van der Waals surface area contributed by atoms with Crippen LogP contribution in [0.15, 0.2) is 29.3 Å². The minimum Gasteiger partial charge on any atom is -0.461 e. The summed E-state index contributed by atoms with van der Waals surface area (Å²) in [6.45, 7) is 1.01. The molecular formula is C12H12ClNO2. The maximum atomic E-state index is 11.3. The van der Waals surface area contributed by atoms with Gasteiger partial charge in [-0.3, -0.25) is 4.99 Å². The van der Waals surface area contributed by atoms with E-state index in [1.165, 1.54) is 0 Å². The topological polar surface area (TPSA) is 38.7 Å². The van der Waals surface area contributed by atoms with E-state index in [4.69, 9.17) is 16.3 Å². The lowest BCUT2D eigenvalue weighted by Crippen LogP contribution is -2.24. The van der Waals surface area contributed by atoms with E-state index in [9.17, 15) is 4.79 Å². The van der Waals surface area contributed by atoms with Crippen LogP contribution in [0.1, 0.15) is 18.4 Å². The van der Waals surface area contributed by atoms with Gasteiger partial charge in [0.1, 0.15) is 5.71 Å². The van der Waals surface area contributed by atoms with Crippen molar-refractivity contribution in [3.05, 3.63) is 34.9 Å². The second-order valence-corrected chi connectivity index (χ2v) is 4.07. The largest absolute Gasteiger partial charge is 0.461 e. The molecule has 0 unspecified atom stereocenters. The number of hydrogen-bond donors (Lipinski definition) is 0. The van der Waals surface area contributed by atoms with Crippen LogP contribution in [0.25, 0.3) is 0 Å². The molecule has 4 heteroatoms. The molecule has 1 aliphatic heterocycles. The van der Waals surface area contributed by atoms with Gasteiger partial charge >= 0.3 is 5.97 Å². The Balaban J connectivity index is 2.02. The third-order valence-corrected chi connectivity index (χ3v) is 2.64. The third-order valence-electron chi connectivity index (χ3n) is 2.39. The summed E-state index contributed by atoms with van der Waals surface area (Å²) in [5, 5.41) is 0.702. The van der Waals surface area contributed by atoms with Crippen LogP contribution in [0.4, 0.5) is 0 Å². The molecule has 1 fully saturated rings. The fourth-order valence-electron chi connectivity index (χ4n) is 1.51. The summed E-state index contributed by atoms with van der Waals surface area (Å²) < 4.78 is 4.91. The van der Waals surface area contributed by atoms with Gasteiger partial charge in [-0.05, 0) is 30.5 Å². The van der Waals surface area contributed by atoms with E-state index < -0.39 is 0 Å². The lowest BCUT2D eigenvalue weighted by molar-refractivity contribution is -0.137. The van der Waals surface area contributed by atoms with Gasteiger partial charge in [-0.2, -0.15) is 0 Å². The Bertz CT molecular complexity index is 412. The van der Waals surface area contributed by atoms with Crippen molar-refractivity contribution < 1.29 is 9.53 Å². The molecule has 3 nitrogen and oxygen atoms in total. The molecule has 1 aliphatic rings. The lowest BCUT2D eigenvalue weighted by atomic mass is 10.1. The summed E-state index contributed by atoms with van der Waals surface area (Å²) in [6, 6.07) is 7.44. The fraction of sp³-hybridized carbons (Fsp3) is 0.333. The van der Waals surface area contributed by atoms with Gasteiger partial charge in [0.25, 0.3) is 0 Å². The number of rotatable bonds is 2. The normalized spacial score (nSPS) is 18.6. The quantitative estimate of drug-likeness (QED) is 0.742. The standard InChI is InChI=1S/C12H12ClNO2/c13-10-5-3-9(4-6-10)8-14-11-2-1-7-16-12(11)15/h3-6H,1-2,7-8H2. The Kier molecular flexibility index (Phi) is 3.57. The highest BCUT2D eigenvalue weighted by Gasteiger charge is 2.17. The van der Waals surface area contributed by atoms with Crippen molar-refractivity contribution in [2.45, 2.75) is 19.4 Å². The molecule has 0 spiro atoms. The molecule has 0 amide bonds. The van der Waals surface area contributed by atoms with Gasteiger partial charge in [-0.25, -0.2) is 4.79 Å². The molecular weight excluding hydrogens is 226 g/mol. The number of halogens is 1. The number of esters is 1.